The number of benzene rings is 1. The SMILES string of the molecule is Cc1cccc([C@@H](C(=O)N(C)CCc2cn[nH]c2)N(C)C)c1. The van der Waals surface area contributed by atoms with Crippen molar-refractivity contribution in [2.24, 2.45) is 0 Å². The number of aryl methyl sites for hydroxylation is 1. The van der Waals surface area contributed by atoms with Crippen LogP contribution in [0.5, 0.6) is 0 Å². The third-order valence-electron chi connectivity index (χ3n) is 3.78. The Hall–Kier alpha value is -2.14. The van der Waals surface area contributed by atoms with Gasteiger partial charge in [0.05, 0.1) is 6.20 Å². The summed E-state index contributed by atoms with van der Waals surface area (Å²) in [6.07, 6.45) is 4.46. The van der Waals surface area contributed by atoms with Crippen LogP contribution in [-0.4, -0.2) is 53.6 Å². The van der Waals surface area contributed by atoms with Crippen LogP contribution < -0.4 is 0 Å². The fourth-order valence-corrected chi connectivity index (χ4v) is 2.53. The van der Waals surface area contributed by atoms with E-state index in [-0.39, 0.29) is 11.9 Å². The van der Waals surface area contributed by atoms with Gasteiger partial charge < -0.3 is 4.90 Å². The molecule has 2 rings (SSSR count). The molecule has 1 aromatic heterocycles. The summed E-state index contributed by atoms with van der Waals surface area (Å²) in [6, 6.07) is 7.88. The standard InChI is InChI=1S/C17H24N4O/c1-13-6-5-7-15(10-13)16(20(2)3)17(22)21(4)9-8-14-11-18-19-12-14/h5-7,10-12,16H,8-9H2,1-4H3,(H,18,19)/t16-/m0/s1. The molecule has 22 heavy (non-hydrogen) atoms. The Balaban J connectivity index is 2.09. The van der Waals surface area contributed by atoms with Gasteiger partial charge in [-0.25, -0.2) is 0 Å². The van der Waals surface area contributed by atoms with Crippen molar-refractivity contribution in [2.45, 2.75) is 19.4 Å². The molecule has 1 heterocycles. The largest absolute Gasteiger partial charge is 0.344 e. The first kappa shape index (κ1) is 16.2. The first-order valence-electron chi connectivity index (χ1n) is 7.44. The highest BCUT2D eigenvalue weighted by Gasteiger charge is 2.25. The zero-order chi connectivity index (χ0) is 16.1. The Morgan fingerprint density at radius 3 is 2.68 bits per heavy atom. The van der Waals surface area contributed by atoms with Crippen molar-refractivity contribution in [2.75, 3.05) is 27.7 Å². The zero-order valence-electron chi connectivity index (χ0n) is 13.7. The van der Waals surface area contributed by atoms with Crippen molar-refractivity contribution < 1.29 is 4.79 Å². The quantitative estimate of drug-likeness (QED) is 0.888. The lowest BCUT2D eigenvalue weighted by atomic mass is 10.0. The van der Waals surface area contributed by atoms with Gasteiger partial charge in [0.1, 0.15) is 6.04 Å². The first-order chi connectivity index (χ1) is 10.5. The van der Waals surface area contributed by atoms with Crippen LogP contribution in [0, 0.1) is 6.92 Å². The summed E-state index contributed by atoms with van der Waals surface area (Å²) < 4.78 is 0. The van der Waals surface area contributed by atoms with Gasteiger partial charge in [-0.05, 0) is 38.6 Å². The number of aromatic nitrogens is 2. The summed E-state index contributed by atoms with van der Waals surface area (Å²) in [5.74, 6) is 0.110. The summed E-state index contributed by atoms with van der Waals surface area (Å²) in [4.78, 5) is 16.6. The monoisotopic (exact) mass is 300 g/mol. The highest BCUT2D eigenvalue weighted by molar-refractivity contribution is 5.83. The lowest BCUT2D eigenvalue weighted by Crippen LogP contribution is -2.39. The highest BCUT2D eigenvalue weighted by atomic mass is 16.2. The normalized spacial score (nSPS) is 12.4. The van der Waals surface area contributed by atoms with Gasteiger partial charge in [-0.3, -0.25) is 14.8 Å². The lowest BCUT2D eigenvalue weighted by Gasteiger charge is -2.28. The summed E-state index contributed by atoms with van der Waals surface area (Å²) in [5.41, 5.74) is 3.31. The van der Waals surface area contributed by atoms with Gasteiger partial charge >= 0.3 is 0 Å². The molecule has 1 N–H and O–H groups in total. The van der Waals surface area contributed by atoms with Gasteiger partial charge in [0.2, 0.25) is 5.91 Å². The maximum atomic E-state index is 12.8. The molecule has 1 aromatic carbocycles. The Kier molecular flexibility index (Phi) is 5.33. The molecule has 1 atom stereocenters. The average Bonchev–Trinajstić information content (AvgIpc) is 2.97. The maximum Gasteiger partial charge on any atom is 0.244 e. The van der Waals surface area contributed by atoms with E-state index in [1.807, 2.05) is 57.4 Å². The molecule has 0 bridgehead atoms. The zero-order valence-corrected chi connectivity index (χ0v) is 13.7. The number of nitrogens with one attached hydrogen (secondary N) is 1. The van der Waals surface area contributed by atoms with E-state index in [0.29, 0.717) is 6.54 Å². The Morgan fingerprint density at radius 1 is 1.32 bits per heavy atom. The van der Waals surface area contributed by atoms with Crippen LogP contribution in [0.15, 0.2) is 36.7 Å². The van der Waals surface area contributed by atoms with Crippen LogP contribution in [0.4, 0.5) is 0 Å². The van der Waals surface area contributed by atoms with E-state index >= 15 is 0 Å². The van der Waals surface area contributed by atoms with Crippen LogP contribution >= 0.6 is 0 Å². The van der Waals surface area contributed by atoms with E-state index in [4.69, 9.17) is 0 Å². The third-order valence-corrected chi connectivity index (χ3v) is 3.78. The average molecular weight is 300 g/mol. The number of carbonyl (C=O) groups excluding carboxylic acids is 1. The van der Waals surface area contributed by atoms with Gasteiger partial charge in [-0.2, -0.15) is 5.10 Å². The lowest BCUT2D eigenvalue weighted by molar-refractivity contribution is -0.135. The summed E-state index contributed by atoms with van der Waals surface area (Å²) in [6.45, 7) is 2.72. The van der Waals surface area contributed by atoms with Gasteiger partial charge in [0.15, 0.2) is 0 Å². The van der Waals surface area contributed by atoms with Crippen LogP contribution in [-0.2, 0) is 11.2 Å². The van der Waals surface area contributed by atoms with Gasteiger partial charge in [0.25, 0.3) is 0 Å². The predicted octanol–water partition coefficient (Wildman–Crippen LogP) is 2.02. The molecule has 2 aromatic rings. The number of aromatic amines is 1. The molecular weight excluding hydrogens is 276 g/mol. The Labute approximate surface area is 131 Å². The molecule has 5 heteroatoms. The minimum atomic E-state index is -0.255. The predicted molar refractivity (Wildman–Crippen MR) is 87.5 cm³/mol. The van der Waals surface area contributed by atoms with Crippen molar-refractivity contribution in [1.29, 1.82) is 0 Å². The molecule has 1 amide bonds. The number of hydrogen-bond donors (Lipinski definition) is 1. The molecule has 0 spiro atoms. The van der Waals surface area contributed by atoms with Crippen molar-refractivity contribution in [1.82, 2.24) is 20.0 Å². The van der Waals surface area contributed by atoms with E-state index in [1.54, 1.807) is 11.1 Å². The number of nitrogens with zero attached hydrogens (tertiary/aromatic N) is 3. The van der Waals surface area contributed by atoms with Crippen LogP contribution in [0.2, 0.25) is 0 Å². The first-order valence-corrected chi connectivity index (χ1v) is 7.44. The fraction of sp³-hybridized carbons (Fsp3) is 0.412. The molecule has 0 saturated heterocycles. The Morgan fingerprint density at radius 2 is 2.09 bits per heavy atom. The molecule has 0 aliphatic heterocycles. The van der Waals surface area contributed by atoms with Crippen LogP contribution in [0.3, 0.4) is 0 Å². The second kappa shape index (κ2) is 7.22. The topological polar surface area (TPSA) is 52.2 Å². The number of rotatable bonds is 6. The summed E-state index contributed by atoms with van der Waals surface area (Å²) >= 11 is 0. The second-order valence-corrected chi connectivity index (χ2v) is 5.90. The van der Waals surface area contributed by atoms with Crippen molar-refractivity contribution >= 4 is 5.91 Å². The van der Waals surface area contributed by atoms with Gasteiger partial charge in [-0.15, -0.1) is 0 Å². The molecular formula is C17H24N4O. The van der Waals surface area contributed by atoms with E-state index < -0.39 is 0 Å². The smallest absolute Gasteiger partial charge is 0.244 e. The number of hydrogen-bond acceptors (Lipinski definition) is 3. The van der Waals surface area contributed by atoms with E-state index in [9.17, 15) is 4.79 Å². The highest BCUT2D eigenvalue weighted by Crippen LogP contribution is 2.21. The van der Waals surface area contributed by atoms with Gasteiger partial charge in [0, 0.05) is 19.8 Å². The molecule has 0 saturated carbocycles. The van der Waals surface area contributed by atoms with E-state index in [1.165, 1.54) is 5.56 Å². The fourth-order valence-electron chi connectivity index (χ4n) is 2.53. The number of amides is 1. The third kappa shape index (κ3) is 3.95. The van der Waals surface area contributed by atoms with E-state index in [0.717, 1.165) is 17.5 Å². The minimum absolute atomic E-state index is 0.110. The van der Waals surface area contributed by atoms with E-state index in [2.05, 4.69) is 16.3 Å². The molecule has 118 valence electrons. The molecule has 0 unspecified atom stereocenters. The van der Waals surface area contributed by atoms with Crippen molar-refractivity contribution in [3.8, 4) is 0 Å². The second-order valence-electron chi connectivity index (χ2n) is 5.90. The maximum absolute atomic E-state index is 12.8. The Bertz CT molecular complexity index is 607. The molecule has 0 fully saturated rings. The summed E-state index contributed by atoms with van der Waals surface area (Å²) in [5, 5.41) is 6.72. The van der Waals surface area contributed by atoms with Gasteiger partial charge in [-0.1, -0.05) is 29.8 Å². The molecule has 0 aliphatic carbocycles. The number of carbonyl (C=O) groups is 1. The molecule has 0 aliphatic rings. The number of likely N-dealkylation sites (N-methyl/N-ethyl adjacent to an activating group) is 2. The van der Waals surface area contributed by atoms with Crippen molar-refractivity contribution in [3.05, 3.63) is 53.3 Å². The van der Waals surface area contributed by atoms with Crippen LogP contribution in [0.1, 0.15) is 22.7 Å². The minimum Gasteiger partial charge on any atom is -0.344 e. The molecule has 5 nitrogen and oxygen atoms in total. The molecule has 0 radical (unpaired) electrons. The number of H-pyrrole nitrogens is 1. The van der Waals surface area contributed by atoms with Crippen molar-refractivity contribution in [3.63, 3.8) is 0 Å². The van der Waals surface area contributed by atoms with Crippen LogP contribution in [0.25, 0.3) is 0 Å². The summed E-state index contributed by atoms with van der Waals surface area (Å²) in [7, 11) is 5.73.